The molecule has 0 radical (unpaired) electrons. The third kappa shape index (κ3) is 3.18. The van der Waals surface area contributed by atoms with E-state index in [-0.39, 0.29) is 23.8 Å². The predicted octanol–water partition coefficient (Wildman–Crippen LogP) is 1.85. The Labute approximate surface area is 177 Å². The van der Waals surface area contributed by atoms with Crippen molar-refractivity contribution in [1.82, 2.24) is 15.2 Å². The van der Waals surface area contributed by atoms with E-state index in [1.54, 1.807) is 4.90 Å². The van der Waals surface area contributed by atoms with E-state index >= 15 is 0 Å². The first-order valence-corrected chi connectivity index (χ1v) is 11.1. The normalized spacial score (nSPS) is 22.5. The Bertz CT molecular complexity index is 1050. The van der Waals surface area contributed by atoms with Crippen LogP contribution in [0.2, 0.25) is 0 Å². The van der Waals surface area contributed by atoms with Crippen molar-refractivity contribution in [2.45, 2.75) is 56.8 Å². The van der Waals surface area contributed by atoms with Gasteiger partial charge in [-0.25, -0.2) is 4.98 Å². The molecular formula is C21H23N5O3S. The number of aromatic nitrogens is 1. The molecule has 156 valence electrons. The first-order valence-electron chi connectivity index (χ1n) is 10.2. The van der Waals surface area contributed by atoms with Crippen LogP contribution in [0.25, 0.3) is 0 Å². The van der Waals surface area contributed by atoms with Gasteiger partial charge in [-0.05, 0) is 36.8 Å². The molecule has 4 N–H and O–H groups in total. The van der Waals surface area contributed by atoms with Gasteiger partial charge in [0.05, 0.1) is 11.2 Å². The van der Waals surface area contributed by atoms with Crippen molar-refractivity contribution in [3.05, 3.63) is 46.0 Å². The lowest BCUT2D eigenvalue weighted by atomic mass is 9.76. The maximum atomic E-state index is 13.1. The zero-order valence-electron chi connectivity index (χ0n) is 16.4. The molecule has 2 fully saturated rings. The summed E-state index contributed by atoms with van der Waals surface area (Å²) in [6.45, 7) is 0.841. The molecule has 0 bridgehead atoms. The summed E-state index contributed by atoms with van der Waals surface area (Å²) in [5.74, 6) is -0.838. The van der Waals surface area contributed by atoms with Crippen LogP contribution in [0.5, 0.6) is 0 Å². The summed E-state index contributed by atoms with van der Waals surface area (Å²) in [6, 6.07) is 5.16. The number of fused-ring (bicyclic) bond motifs is 1. The van der Waals surface area contributed by atoms with E-state index in [9.17, 15) is 14.4 Å². The number of anilines is 1. The van der Waals surface area contributed by atoms with Crippen LogP contribution in [0.15, 0.2) is 23.6 Å². The number of benzene rings is 1. The fourth-order valence-corrected chi connectivity index (χ4v) is 5.22. The van der Waals surface area contributed by atoms with Crippen molar-refractivity contribution in [3.8, 4) is 0 Å². The number of carbonyl (C=O) groups is 3. The largest absolute Gasteiger partial charge is 0.357 e. The number of rotatable bonds is 5. The van der Waals surface area contributed by atoms with Crippen LogP contribution in [-0.4, -0.2) is 33.6 Å². The number of amides is 3. The molecular weight excluding hydrogens is 402 g/mol. The average molecular weight is 426 g/mol. The number of piperidine rings is 1. The molecule has 1 aliphatic carbocycles. The summed E-state index contributed by atoms with van der Waals surface area (Å²) in [4.78, 5) is 43.0. The third-order valence-corrected chi connectivity index (χ3v) is 7.13. The summed E-state index contributed by atoms with van der Waals surface area (Å²) < 4.78 is 0. The molecule has 0 spiro atoms. The van der Waals surface area contributed by atoms with Gasteiger partial charge in [0.15, 0.2) is 5.13 Å². The Hall–Kier alpha value is -2.78. The van der Waals surface area contributed by atoms with Gasteiger partial charge in [-0.15, -0.1) is 11.3 Å². The van der Waals surface area contributed by atoms with Crippen LogP contribution in [-0.2, 0) is 28.2 Å². The second kappa shape index (κ2) is 7.17. The molecule has 1 atom stereocenters. The fraction of sp³-hybridized carbons (Fsp3) is 0.429. The molecule has 1 saturated heterocycles. The number of imide groups is 1. The standard InChI is InChI=1S/C21H23N5O3S/c22-21(7-2-8-21)15-11-30-20(24-15)23-9-12-3-1-4-13-10-26(19(29)17(12)13)14-5-6-16(27)25-18(14)28/h1,3-4,11,14H,2,5-10,22H2,(H,23,24)(H,25,27,28). The number of thiazole rings is 1. The SMILES string of the molecule is NC1(c2csc(NCc3cccc4c3C(=O)N(C3CCC(=O)NC3=O)C4)n2)CCC1. The molecule has 2 aliphatic heterocycles. The Balaban J connectivity index is 1.31. The molecule has 1 unspecified atom stereocenters. The predicted molar refractivity (Wildman–Crippen MR) is 112 cm³/mol. The highest BCUT2D eigenvalue weighted by molar-refractivity contribution is 7.13. The van der Waals surface area contributed by atoms with E-state index in [2.05, 4.69) is 15.6 Å². The first kappa shape index (κ1) is 19.2. The van der Waals surface area contributed by atoms with Gasteiger partial charge >= 0.3 is 0 Å². The molecule has 1 saturated carbocycles. The van der Waals surface area contributed by atoms with Gasteiger partial charge in [0.1, 0.15) is 6.04 Å². The quantitative estimate of drug-likeness (QED) is 0.630. The number of carbonyl (C=O) groups excluding carboxylic acids is 3. The highest BCUT2D eigenvalue weighted by Gasteiger charge is 2.40. The van der Waals surface area contributed by atoms with E-state index in [4.69, 9.17) is 5.73 Å². The topological polar surface area (TPSA) is 117 Å². The van der Waals surface area contributed by atoms with E-state index in [0.717, 1.165) is 41.2 Å². The highest BCUT2D eigenvalue weighted by Crippen LogP contribution is 2.39. The molecule has 9 heteroatoms. The summed E-state index contributed by atoms with van der Waals surface area (Å²) in [5.41, 5.74) is 9.41. The number of nitrogens with one attached hydrogen (secondary N) is 2. The molecule has 1 aromatic carbocycles. The van der Waals surface area contributed by atoms with Crippen molar-refractivity contribution >= 4 is 34.2 Å². The maximum absolute atomic E-state index is 13.1. The Morgan fingerprint density at radius 3 is 2.87 bits per heavy atom. The van der Waals surface area contributed by atoms with Crippen molar-refractivity contribution in [3.63, 3.8) is 0 Å². The number of nitrogens with zero attached hydrogens (tertiary/aromatic N) is 2. The van der Waals surface area contributed by atoms with Gasteiger partial charge in [-0.2, -0.15) is 0 Å². The molecule has 1 aromatic heterocycles. The summed E-state index contributed by atoms with van der Waals surface area (Å²) in [5, 5.41) is 8.45. The zero-order valence-corrected chi connectivity index (χ0v) is 17.3. The molecule has 3 amide bonds. The van der Waals surface area contributed by atoms with Crippen LogP contribution in [0.4, 0.5) is 5.13 Å². The van der Waals surface area contributed by atoms with E-state index in [0.29, 0.717) is 25.1 Å². The summed E-state index contributed by atoms with van der Waals surface area (Å²) in [6.07, 6.45) is 3.68. The van der Waals surface area contributed by atoms with Gasteiger partial charge in [0, 0.05) is 30.5 Å². The van der Waals surface area contributed by atoms with Crippen molar-refractivity contribution < 1.29 is 14.4 Å². The lowest BCUT2D eigenvalue weighted by Gasteiger charge is -2.36. The monoisotopic (exact) mass is 425 g/mol. The minimum Gasteiger partial charge on any atom is -0.357 e. The van der Waals surface area contributed by atoms with E-state index in [1.165, 1.54) is 11.3 Å². The van der Waals surface area contributed by atoms with Gasteiger partial charge in [0.25, 0.3) is 5.91 Å². The second-order valence-corrected chi connectivity index (χ2v) is 9.11. The van der Waals surface area contributed by atoms with Gasteiger partial charge < -0.3 is 16.0 Å². The van der Waals surface area contributed by atoms with Crippen LogP contribution in [0.3, 0.4) is 0 Å². The molecule has 2 aromatic rings. The average Bonchev–Trinajstić information content (AvgIpc) is 3.30. The maximum Gasteiger partial charge on any atom is 0.255 e. The highest BCUT2D eigenvalue weighted by atomic mass is 32.1. The molecule has 30 heavy (non-hydrogen) atoms. The Morgan fingerprint density at radius 1 is 1.30 bits per heavy atom. The third-order valence-electron chi connectivity index (χ3n) is 6.33. The Morgan fingerprint density at radius 2 is 2.13 bits per heavy atom. The van der Waals surface area contributed by atoms with E-state index < -0.39 is 11.9 Å². The fourth-order valence-electron chi connectivity index (χ4n) is 4.41. The van der Waals surface area contributed by atoms with Gasteiger partial charge in [-0.1, -0.05) is 18.2 Å². The summed E-state index contributed by atoms with van der Waals surface area (Å²) in [7, 11) is 0. The molecule has 3 heterocycles. The smallest absolute Gasteiger partial charge is 0.255 e. The first-order chi connectivity index (χ1) is 14.4. The van der Waals surface area contributed by atoms with Gasteiger partial charge in [-0.3, -0.25) is 19.7 Å². The van der Waals surface area contributed by atoms with Crippen molar-refractivity contribution in [2.75, 3.05) is 5.32 Å². The molecule has 3 aliphatic rings. The molecule has 5 rings (SSSR count). The van der Waals surface area contributed by atoms with E-state index in [1.807, 2.05) is 23.6 Å². The van der Waals surface area contributed by atoms with Crippen LogP contribution < -0.4 is 16.4 Å². The minimum absolute atomic E-state index is 0.160. The number of nitrogens with two attached hydrogens (primary N) is 1. The van der Waals surface area contributed by atoms with Crippen molar-refractivity contribution in [1.29, 1.82) is 0 Å². The van der Waals surface area contributed by atoms with Crippen LogP contribution in [0.1, 0.15) is 59.3 Å². The lowest BCUT2D eigenvalue weighted by molar-refractivity contribution is -0.136. The molecule has 8 nitrogen and oxygen atoms in total. The lowest BCUT2D eigenvalue weighted by Crippen LogP contribution is -2.52. The zero-order chi connectivity index (χ0) is 20.9. The minimum atomic E-state index is -0.604. The number of hydrogen-bond acceptors (Lipinski definition) is 7. The van der Waals surface area contributed by atoms with Crippen molar-refractivity contribution in [2.24, 2.45) is 5.73 Å². The van der Waals surface area contributed by atoms with Crippen LogP contribution in [0, 0.1) is 0 Å². The van der Waals surface area contributed by atoms with Crippen LogP contribution >= 0.6 is 11.3 Å². The summed E-state index contributed by atoms with van der Waals surface area (Å²) >= 11 is 1.52. The van der Waals surface area contributed by atoms with Gasteiger partial charge in [0.2, 0.25) is 11.8 Å². The second-order valence-electron chi connectivity index (χ2n) is 8.25. The Kier molecular flexibility index (Phi) is 4.59. The number of hydrogen-bond donors (Lipinski definition) is 3.